The fourth-order valence-corrected chi connectivity index (χ4v) is 0.0693. The lowest BCUT2D eigenvalue weighted by Gasteiger charge is -1.71. The highest BCUT2D eigenvalue weighted by atomic mass is 17.1. The van der Waals surface area contributed by atoms with Crippen LogP contribution in [0.5, 0.6) is 0 Å². The first kappa shape index (κ1) is 6.40. The first-order chi connectivity index (χ1) is 3.81. The van der Waals surface area contributed by atoms with Crippen molar-refractivity contribution in [1.29, 1.82) is 0 Å². The van der Waals surface area contributed by atoms with Crippen molar-refractivity contribution in [2.45, 2.75) is 0 Å². The van der Waals surface area contributed by atoms with Crippen LogP contribution in [0.25, 0.3) is 0 Å². The van der Waals surface area contributed by atoms with Gasteiger partial charge in [-0.15, -0.1) is 0 Å². The van der Waals surface area contributed by atoms with Crippen LogP contribution in [-0.4, -0.2) is 5.09 Å². The van der Waals surface area contributed by atoms with E-state index in [1.807, 2.05) is 0 Å². The molecular formula is N3O5+. The van der Waals surface area contributed by atoms with E-state index < -0.39 is 5.09 Å². The molecule has 0 aromatic rings. The molecule has 0 unspecified atom stereocenters. The van der Waals surface area contributed by atoms with Crippen molar-refractivity contribution in [3.8, 4) is 0 Å². The van der Waals surface area contributed by atoms with Gasteiger partial charge in [-0.05, 0) is 24.6 Å². The summed E-state index contributed by atoms with van der Waals surface area (Å²) in [5.74, 6) is 0. The van der Waals surface area contributed by atoms with Gasteiger partial charge in [-0.25, -0.2) is 0 Å². The second-order valence-corrected chi connectivity index (χ2v) is 0.536. The molecule has 0 saturated heterocycles. The molecule has 0 heterocycles. The van der Waals surface area contributed by atoms with Crippen molar-refractivity contribution in [3.63, 3.8) is 0 Å². The van der Waals surface area contributed by atoms with E-state index in [1.54, 1.807) is 10.7 Å². The van der Waals surface area contributed by atoms with Crippen LogP contribution >= 0.6 is 0 Å². The normalized spacial score (nSPS) is 7.00. The Morgan fingerprint density at radius 1 is 1.12 bits per heavy atom. The second kappa shape index (κ2) is 3.59. The van der Waals surface area contributed by atoms with Gasteiger partial charge in [-0.1, -0.05) is 0 Å². The van der Waals surface area contributed by atoms with Crippen LogP contribution in [0.4, 0.5) is 0 Å². The Morgan fingerprint density at radius 3 is 1.75 bits per heavy atom. The van der Waals surface area contributed by atoms with Crippen LogP contribution in [0, 0.1) is 14.7 Å². The van der Waals surface area contributed by atoms with Crippen LogP contribution < -0.4 is 0 Å². The summed E-state index contributed by atoms with van der Waals surface area (Å²) in [6.07, 6.45) is 0. The molecule has 0 fully saturated rings. The quantitative estimate of drug-likeness (QED) is 0.385. The molecule has 0 rings (SSSR count). The fraction of sp³-hybridized carbons (Fsp3) is 0. The van der Waals surface area contributed by atoms with Gasteiger partial charge in [0.15, 0.2) is 0 Å². The SMILES string of the molecule is O=NO[N+](=O)ON=O. The molecule has 0 aromatic carbocycles. The Kier molecular flexibility index (Phi) is 2.87. The van der Waals surface area contributed by atoms with Gasteiger partial charge >= 0.3 is 15.8 Å². The second-order valence-electron chi connectivity index (χ2n) is 0.536. The molecule has 0 aromatic heterocycles. The molecule has 0 amide bonds. The summed E-state index contributed by atoms with van der Waals surface area (Å²) in [6.45, 7) is 0. The highest BCUT2D eigenvalue weighted by Crippen LogP contribution is 1.79. The van der Waals surface area contributed by atoms with Gasteiger partial charge in [-0.2, -0.15) is 0 Å². The summed E-state index contributed by atoms with van der Waals surface area (Å²) >= 11 is 0. The average Bonchev–Trinajstić information content (AvgIpc) is 1.68. The first-order valence-electron chi connectivity index (χ1n) is 1.28. The molecule has 8 nitrogen and oxygen atoms in total. The number of hydrogen-bond donors (Lipinski definition) is 0. The maximum absolute atomic E-state index is 9.53. The summed E-state index contributed by atoms with van der Waals surface area (Å²) in [6, 6.07) is 0. The van der Waals surface area contributed by atoms with E-state index in [1.165, 1.54) is 0 Å². The third-order valence-electron chi connectivity index (χ3n) is 0.200. The van der Waals surface area contributed by atoms with E-state index in [0.29, 0.717) is 0 Å². The molecule has 0 atom stereocenters. The molecule has 0 N–H and O–H groups in total. The van der Waals surface area contributed by atoms with E-state index >= 15 is 0 Å². The van der Waals surface area contributed by atoms with Crippen molar-refractivity contribution in [1.82, 2.24) is 0 Å². The number of rotatable bonds is 4. The summed E-state index contributed by atoms with van der Waals surface area (Å²) in [5.41, 5.74) is 0. The van der Waals surface area contributed by atoms with Crippen LogP contribution in [0.3, 0.4) is 0 Å². The van der Waals surface area contributed by atoms with Gasteiger partial charge < -0.3 is 0 Å². The van der Waals surface area contributed by atoms with E-state index in [-0.39, 0.29) is 0 Å². The minimum atomic E-state index is -0.847. The third kappa shape index (κ3) is 2.63. The molecule has 0 spiro atoms. The minimum absolute atomic E-state index is 0.847. The van der Waals surface area contributed by atoms with Gasteiger partial charge in [0, 0.05) is 0 Å². The smallest absolute Gasteiger partial charge is 0.0142 e. The van der Waals surface area contributed by atoms with Gasteiger partial charge in [0.2, 0.25) is 0 Å². The molecule has 0 radical (unpaired) electrons. The van der Waals surface area contributed by atoms with Crippen molar-refractivity contribution >= 4 is 0 Å². The average molecular weight is 122 g/mol. The number of nitrogens with zero attached hydrogens (tertiary/aromatic N) is 3. The Morgan fingerprint density at radius 2 is 1.50 bits per heavy atom. The zero-order chi connectivity index (χ0) is 6.41. The maximum atomic E-state index is 9.53. The zero-order valence-corrected chi connectivity index (χ0v) is 3.38. The lowest BCUT2D eigenvalue weighted by Crippen LogP contribution is -2.00. The van der Waals surface area contributed by atoms with Crippen LogP contribution in [0.15, 0.2) is 10.7 Å². The van der Waals surface area contributed by atoms with Crippen molar-refractivity contribution in [2.75, 3.05) is 0 Å². The van der Waals surface area contributed by atoms with Crippen molar-refractivity contribution in [3.05, 3.63) is 14.7 Å². The lowest BCUT2D eigenvalue weighted by atomic mass is 12.9. The zero-order valence-electron chi connectivity index (χ0n) is 3.38. The predicted octanol–water partition coefficient (Wildman–Crippen LogP) is -0.00870. The summed E-state index contributed by atoms with van der Waals surface area (Å²) in [4.78, 5) is 33.7. The van der Waals surface area contributed by atoms with Gasteiger partial charge in [0.1, 0.15) is 0 Å². The fourth-order valence-electron chi connectivity index (χ4n) is 0.0693. The molecule has 44 valence electrons. The predicted molar refractivity (Wildman–Crippen MR) is 17.4 cm³/mol. The van der Waals surface area contributed by atoms with Gasteiger partial charge in [-0.3, -0.25) is 0 Å². The Hall–Kier alpha value is -1.60. The highest BCUT2D eigenvalue weighted by Gasteiger charge is 2.05. The maximum Gasteiger partial charge on any atom is 0.354 e. The van der Waals surface area contributed by atoms with Crippen molar-refractivity contribution in [2.24, 2.45) is 10.7 Å². The molecular weight excluding hydrogens is 122 g/mol. The standard InChI is InChI=1S/N3O5/c4-1-7-3(6)8-2-5/q+1. The number of hydrogen-bond acceptors (Lipinski definition) is 7. The van der Waals surface area contributed by atoms with Gasteiger partial charge in [0.25, 0.3) is 0 Å². The monoisotopic (exact) mass is 122 g/mol. The highest BCUT2D eigenvalue weighted by molar-refractivity contribution is 3.89. The summed E-state index contributed by atoms with van der Waals surface area (Å²) in [5, 5.41) is 2.34. The molecule has 0 bridgehead atoms. The Bertz CT molecular complexity index is 94.2. The van der Waals surface area contributed by atoms with E-state index in [0.717, 1.165) is 0 Å². The van der Waals surface area contributed by atoms with E-state index in [2.05, 4.69) is 9.88 Å². The molecule has 0 aliphatic rings. The molecule has 8 heavy (non-hydrogen) atoms. The first-order valence-corrected chi connectivity index (χ1v) is 1.28. The van der Waals surface area contributed by atoms with E-state index in [9.17, 15) is 4.91 Å². The third-order valence-corrected chi connectivity index (χ3v) is 0.200. The minimum Gasteiger partial charge on any atom is -0.0142 e. The molecule has 0 aliphatic carbocycles. The van der Waals surface area contributed by atoms with Crippen LogP contribution in [0.2, 0.25) is 0 Å². The molecule has 8 heteroatoms. The van der Waals surface area contributed by atoms with Crippen LogP contribution in [-0.2, 0) is 9.88 Å². The topological polar surface area (TPSA) is 97.4 Å². The van der Waals surface area contributed by atoms with Crippen molar-refractivity contribution < 1.29 is 15.0 Å². The molecule has 0 saturated carbocycles. The van der Waals surface area contributed by atoms with Crippen LogP contribution in [0.1, 0.15) is 0 Å². The summed E-state index contributed by atoms with van der Waals surface area (Å²) < 4.78 is 0. The largest absolute Gasteiger partial charge is 0.354 e. The lowest BCUT2D eigenvalue weighted by molar-refractivity contribution is -0.985. The van der Waals surface area contributed by atoms with E-state index in [4.69, 9.17) is 9.81 Å². The summed E-state index contributed by atoms with van der Waals surface area (Å²) in [7, 11) is 0. The Labute approximate surface area is 41.7 Å². The van der Waals surface area contributed by atoms with Gasteiger partial charge in [0.05, 0.1) is 0 Å². The Balaban J connectivity index is 3.32. The molecule has 0 aliphatic heterocycles.